The molecule has 1 aromatic rings. The predicted molar refractivity (Wildman–Crippen MR) is 85.4 cm³/mol. The van der Waals surface area contributed by atoms with Crippen LogP contribution in [0.1, 0.15) is 51.7 Å². The topological polar surface area (TPSA) is 0 Å². The minimum atomic E-state index is 1.03. The van der Waals surface area contributed by atoms with Crippen molar-refractivity contribution in [2.75, 3.05) is 0 Å². The molecule has 1 rings (SSSR count). The Morgan fingerprint density at radius 1 is 1.22 bits per heavy atom. The highest BCUT2D eigenvalue weighted by atomic mass is 32.1. The van der Waals surface area contributed by atoms with Crippen LogP contribution in [-0.2, 0) is 0 Å². The largest absolute Gasteiger partial charge is 0.143 e. The number of hydrogen-bond donors (Lipinski definition) is 1. The summed E-state index contributed by atoms with van der Waals surface area (Å²) in [6.45, 7) is 11.0. The second-order valence-corrected chi connectivity index (χ2v) is 5.44. The smallest absolute Gasteiger partial charge is 0.00462 e. The lowest BCUT2D eigenvalue weighted by molar-refractivity contribution is 0.949. The van der Waals surface area contributed by atoms with E-state index in [1.165, 1.54) is 34.3 Å². The first-order valence-electron chi connectivity index (χ1n) is 6.62. The van der Waals surface area contributed by atoms with E-state index in [1.807, 2.05) is 6.07 Å². The van der Waals surface area contributed by atoms with Gasteiger partial charge in [0.1, 0.15) is 0 Å². The molecule has 0 N–H and O–H groups in total. The average molecular weight is 260 g/mol. The summed E-state index contributed by atoms with van der Waals surface area (Å²) in [4.78, 5) is 1.03. The van der Waals surface area contributed by atoms with Crippen LogP contribution < -0.4 is 0 Å². The van der Waals surface area contributed by atoms with Gasteiger partial charge >= 0.3 is 0 Å². The first-order valence-corrected chi connectivity index (χ1v) is 7.06. The fraction of sp³-hybridized carbons (Fsp3) is 0.412. The highest BCUT2D eigenvalue weighted by molar-refractivity contribution is 7.80. The molecule has 0 unspecified atom stereocenters. The van der Waals surface area contributed by atoms with E-state index in [0.717, 1.165) is 11.3 Å². The third-order valence-corrected chi connectivity index (χ3v) is 3.80. The van der Waals surface area contributed by atoms with Crippen molar-refractivity contribution in [3.63, 3.8) is 0 Å². The first-order chi connectivity index (χ1) is 8.47. The van der Waals surface area contributed by atoms with E-state index in [2.05, 4.69) is 65.5 Å². The minimum Gasteiger partial charge on any atom is -0.143 e. The summed E-state index contributed by atoms with van der Waals surface area (Å²) in [6.07, 6.45) is 4.69. The van der Waals surface area contributed by atoms with E-state index in [0.29, 0.717) is 0 Å². The van der Waals surface area contributed by atoms with Crippen LogP contribution in [0.2, 0.25) is 0 Å². The molecule has 98 valence electrons. The Bertz CT molecular complexity index is 478. The van der Waals surface area contributed by atoms with Crippen molar-refractivity contribution < 1.29 is 0 Å². The fourth-order valence-electron chi connectivity index (χ4n) is 2.03. The van der Waals surface area contributed by atoms with Crippen molar-refractivity contribution >= 4 is 18.2 Å². The number of benzene rings is 1. The molecule has 0 aliphatic heterocycles. The summed E-state index contributed by atoms with van der Waals surface area (Å²) in [5, 5.41) is 0. The van der Waals surface area contributed by atoms with Crippen molar-refractivity contribution in [1.29, 1.82) is 0 Å². The van der Waals surface area contributed by atoms with Gasteiger partial charge < -0.3 is 0 Å². The van der Waals surface area contributed by atoms with E-state index in [-0.39, 0.29) is 0 Å². The maximum absolute atomic E-state index is 4.44. The first kappa shape index (κ1) is 15.1. The van der Waals surface area contributed by atoms with Crippen LogP contribution in [0.25, 0.3) is 5.57 Å². The second kappa shape index (κ2) is 6.84. The van der Waals surface area contributed by atoms with Gasteiger partial charge in [0.2, 0.25) is 0 Å². The molecule has 0 bridgehead atoms. The Morgan fingerprint density at radius 3 is 2.50 bits per heavy atom. The Kier molecular flexibility index (Phi) is 5.74. The van der Waals surface area contributed by atoms with Crippen molar-refractivity contribution in [2.45, 2.75) is 52.4 Å². The van der Waals surface area contributed by atoms with E-state index >= 15 is 0 Å². The second-order valence-electron chi connectivity index (χ2n) is 4.93. The highest BCUT2D eigenvalue weighted by Gasteiger charge is 2.05. The Labute approximate surface area is 117 Å². The van der Waals surface area contributed by atoms with Gasteiger partial charge in [-0.05, 0) is 68.5 Å². The van der Waals surface area contributed by atoms with Gasteiger partial charge in [0.05, 0.1) is 0 Å². The van der Waals surface area contributed by atoms with Gasteiger partial charge in [-0.2, -0.15) is 0 Å². The van der Waals surface area contributed by atoms with Gasteiger partial charge in [-0.1, -0.05) is 31.1 Å². The molecule has 0 atom stereocenters. The molecular weight excluding hydrogens is 236 g/mol. The molecule has 0 aliphatic carbocycles. The van der Waals surface area contributed by atoms with Crippen molar-refractivity contribution in [3.05, 3.63) is 46.5 Å². The van der Waals surface area contributed by atoms with E-state index < -0.39 is 0 Å². The van der Waals surface area contributed by atoms with Crippen molar-refractivity contribution in [1.82, 2.24) is 0 Å². The molecule has 0 aromatic heterocycles. The molecular formula is C17H24S. The summed E-state index contributed by atoms with van der Waals surface area (Å²) in [5.74, 6) is 0. The fourth-order valence-corrected chi connectivity index (χ4v) is 2.23. The van der Waals surface area contributed by atoms with Gasteiger partial charge in [-0.15, -0.1) is 12.6 Å². The van der Waals surface area contributed by atoms with Crippen LogP contribution in [0, 0.1) is 6.92 Å². The van der Waals surface area contributed by atoms with Crippen LogP contribution >= 0.6 is 12.6 Å². The lowest BCUT2D eigenvalue weighted by Gasteiger charge is -2.12. The lowest BCUT2D eigenvalue weighted by Crippen LogP contribution is -1.91. The van der Waals surface area contributed by atoms with Gasteiger partial charge in [-0.25, -0.2) is 0 Å². The third-order valence-electron chi connectivity index (χ3n) is 3.52. The van der Waals surface area contributed by atoms with Crippen LogP contribution in [0.4, 0.5) is 0 Å². The summed E-state index contributed by atoms with van der Waals surface area (Å²) in [6, 6.07) is 6.34. The number of hydrogen-bond acceptors (Lipinski definition) is 1. The minimum absolute atomic E-state index is 1.03. The number of thiol groups is 1. The molecule has 0 aliphatic rings. The summed E-state index contributed by atoms with van der Waals surface area (Å²) in [7, 11) is 0. The molecule has 1 heteroatoms. The van der Waals surface area contributed by atoms with E-state index in [4.69, 9.17) is 0 Å². The molecule has 0 fully saturated rings. The quantitative estimate of drug-likeness (QED) is 0.511. The van der Waals surface area contributed by atoms with Crippen LogP contribution in [0.3, 0.4) is 0 Å². The van der Waals surface area contributed by atoms with Crippen molar-refractivity contribution in [2.24, 2.45) is 0 Å². The number of rotatable bonds is 4. The van der Waals surface area contributed by atoms with Gasteiger partial charge in [0, 0.05) is 4.90 Å². The van der Waals surface area contributed by atoms with Gasteiger partial charge in [-0.3, -0.25) is 0 Å². The number of aryl methyl sites for hydroxylation is 1. The molecule has 0 amide bonds. The lowest BCUT2D eigenvalue weighted by atomic mass is 9.94. The molecule has 0 saturated heterocycles. The summed E-state index contributed by atoms with van der Waals surface area (Å²) >= 11 is 4.44. The van der Waals surface area contributed by atoms with E-state index in [9.17, 15) is 0 Å². The normalized spacial score (nSPS) is 13.6. The van der Waals surface area contributed by atoms with Crippen LogP contribution in [-0.4, -0.2) is 0 Å². The Morgan fingerprint density at radius 2 is 1.89 bits per heavy atom. The molecule has 0 spiro atoms. The van der Waals surface area contributed by atoms with Crippen LogP contribution in [0.5, 0.6) is 0 Å². The zero-order valence-electron chi connectivity index (χ0n) is 12.2. The maximum atomic E-state index is 4.44. The Hall–Kier alpha value is -0.950. The summed E-state index contributed by atoms with van der Waals surface area (Å²) < 4.78 is 0. The average Bonchev–Trinajstić information content (AvgIpc) is 2.37. The molecule has 0 nitrogen and oxygen atoms in total. The number of unbranched alkanes of at least 4 members (excludes halogenated alkanes) is 1. The molecule has 18 heavy (non-hydrogen) atoms. The molecule has 0 heterocycles. The Balaban J connectivity index is 3.18. The molecule has 0 saturated carbocycles. The number of allylic oxidation sites excluding steroid dienone is 4. The maximum Gasteiger partial charge on any atom is 0.00462 e. The zero-order chi connectivity index (χ0) is 13.7. The SMILES string of the molecule is CCC/C=C(C)/C(C)=C(/C)c1cc(S)ccc1C. The van der Waals surface area contributed by atoms with Gasteiger partial charge in [0.25, 0.3) is 0 Å². The van der Waals surface area contributed by atoms with Crippen LogP contribution in [0.15, 0.2) is 40.3 Å². The van der Waals surface area contributed by atoms with E-state index in [1.54, 1.807) is 0 Å². The van der Waals surface area contributed by atoms with Gasteiger partial charge in [0.15, 0.2) is 0 Å². The predicted octanol–water partition coefficient (Wildman–Crippen LogP) is 5.82. The zero-order valence-corrected chi connectivity index (χ0v) is 13.1. The van der Waals surface area contributed by atoms with Crippen molar-refractivity contribution in [3.8, 4) is 0 Å². The standard InChI is InChI=1S/C17H24S/c1-6-7-8-12(2)14(4)15(5)17-11-16(18)10-9-13(17)3/h8-11,18H,6-7H2,1-5H3/b12-8+,15-14-. The summed E-state index contributed by atoms with van der Waals surface area (Å²) in [5.41, 5.74) is 6.74. The molecule has 0 radical (unpaired) electrons. The highest BCUT2D eigenvalue weighted by Crippen LogP contribution is 2.27. The monoisotopic (exact) mass is 260 g/mol. The molecule has 1 aromatic carbocycles. The third kappa shape index (κ3) is 3.78.